The fourth-order valence-corrected chi connectivity index (χ4v) is 1.70. The molecule has 0 atom stereocenters. The molecule has 4 heteroatoms. The second-order valence-electron chi connectivity index (χ2n) is 4.04. The molecule has 0 heterocycles. The van der Waals surface area contributed by atoms with Crippen LogP contribution in [0.15, 0.2) is 53.6 Å². The van der Waals surface area contributed by atoms with E-state index in [-0.39, 0.29) is 0 Å². The molecule has 2 aromatic rings. The smallest absolute Gasteiger partial charge is 0.118 e. The number of halogens is 1. The van der Waals surface area contributed by atoms with Crippen LogP contribution in [0.1, 0.15) is 12.5 Å². The average molecular weight is 275 g/mol. The molecule has 2 aromatic carbocycles. The summed E-state index contributed by atoms with van der Waals surface area (Å²) < 4.78 is 5.12. The van der Waals surface area contributed by atoms with Crippen molar-refractivity contribution in [2.75, 3.05) is 12.5 Å². The van der Waals surface area contributed by atoms with E-state index in [4.69, 9.17) is 16.3 Å². The highest BCUT2D eigenvalue weighted by atomic mass is 35.5. The van der Waals surface area contributed by atoms with Crippen molar-refractivity contribution in [3.8, 4) is 5.75 Å². The van der Waals surface area contributed by atoms with Gasteiger partial charge in [0.2, 0.25) is 0 Å². The lowest BCUT2D eigenvalue weighted by Crippen LogP contribution is -1.99. The minimum absolute atomic E-state index is 0.710. The molecule has 0 unspecified atom stereocenters. The zero-order valence-corrected chi connectivity index (χ0v) is 11.6. The summed E-state index contributed by atoms with van der Waals surface area (Å²) in [7, 11) is 1.65. The van der Waals surface area contributed by atoms with Gasteiger partial charge in [0.15, 0.2) is 0 Å². The zero-order chi connectivity index (χ0) is 13.7. The molecule has 0 radical (unpaired) electrons. The first kappa shape index (κ1) is 13.4. The summed E-state index contributed by atoms with van der Waals surface area (Å²) in [5, 5.41) is 5.04. The first-order valence-corrected chi connectivity index (χ1v) is 6.27. The first-order chi connectivity index (χ1) is 9.19. The Hall–Kier alpha value is -2.00. The molecule has 0 aliphatic heterocycles. The summed E-state index contributed by atoms with van der Waals surface area (Å²) in [6.07, 6.45) is 0. The second kappa shape index (κ2) is 6.25. The van der Waals surface area contributed by atoms with Gasteiger partial charge in [0, 0.05) is 5.02 Å². The zero-order valence-electron chi connectivity index (χ0n) is 10.9. The summed E-state index contributed by atoms with van der Waals surface area (Å²) in [6, 6.07) is 15.2. The standard InChI is InChI=1S/C15H15ClN2O/c1-11(12-3-9-15(19-2)10-4-12)17-18-14-7-5-13(16)6-8-14/h3-10,18H,1-2H3/b17-11+. The number of methoxy groups -OCH3 is 1. The number of hydrogen-bond donors (Lipinski definition) is 1. The number of rotatable bonds is 4. The molecule has 0 spiro atoms. The molecule has 19 heavy (non-hydrogen) atoms. The minimum atomic E-state index is 0.710. The van der Waals surface area contributed by atoms with Crippen LogP contribution in [0, 0.1) is 0 Å². The predicted molar refractivity (Wildman–Crippen MR) is 80.3 cm³/mol. The lowest BCUT2D eigenvalue weighted by atomic mass is 10.1. The van der Waals surface area contributed by atoms with E-state index < -0.39 is 0 Å². The molecule has 1 N–H and O–H groups in total. The second-order valence-corrected chi connectivity index (χ2v) is 4.48. The Kier molecular flexibility index (Phi) is 4.42. The molecule has 98 valence electrons. The fraction of sp³-hybridized carbons (Fsp3) is 0.133. The van der Waals surface area contributed by atoms with Crippen molar-refractivity contribution in [2.24, 2.45) is 5.10 Å². The van der Waals surface area contributed by atoms with Crippen molar-refractivity contribution in [3.05, 3.63) is 59.1 Å². The van der Waals surface area contributed by atoms with Crippen LogP contribution in [-0.2, 0) is 0 Å². The van der Waals surface area contributed by atoms with Gasteiger partial charge in [-0.1, -0.05) is 11.6 Å². The van der Waals surface area contributed by atoms with E-state index in [1.807, 2.05) is 55.5 Å². The van der Waals surface area contributed by atoms with Gasteiger partial charge < -0.3 is 4.74 Å². The minimum Gasteiger partial charge on any atom is -0.497 e. The third kappa shape index (κ3) is 3.73. The summed E-state index contributed by atoms with van der Waals surface area (Å²) in [5.74, 6) is 0.835. The van der Waals surface area contributed by atoms with Crippen LogP contribution in [0.4, 0.5) is 5.69 Å². The van der Waals surface area contributed by atoms with Gasteiger partial charge in [0.1, 0.15) is 5.75 Å². The van der Waals surface area contributed by atoms with Crippen LogP contribution in [0.25, 0.3) is 0 Å². The van der Waals surface area contributed by atoms with Crippen molar-refractivity contribution in [1.29, 1.82) is 0 Å². The number of nitrogens with zero attached hydrogens (tertiary/aromatic N) is 1. The topological polar surface area (TPSA) is 33.6 Å². The number of hydrazone groups is 1. The van der Waals surface area contributed by atoms with Crippen molar-refractivity contribution < 1.29 is 4.74 Å². The molecule has 0 aliphatic rings. The third-order valence-corrected chi connectivity index (χ3v) is 2.96. The molecule has 0 aromatic heterocycles. The molecule has 3 nitrogen and oxygen atoms in total. The van der Waals surface area contributed by atoms with Gasteiger partial charge in [-0.05, 0) is 61.0 Å². The molecule has 0 aliphatic carbocycles. The Balaban J connectivity index is 2.07. The lowest BCUT2D eigenvalue weighted by molar-refractivity contribution is 0.415. The van der Waals surface area contributed by atoms with Crippen LogP contribution in [0.2, 0.25) is 5.02 Å². The largest absolute Gasteiger partial charge is 0.497 e. The molecule has 0 saturated carbocycles. The average Bonchev–Trinajstić information content (AvgIpc) is 2.46. The van der Waals surface area contributed by atoms with Crippen molar-refractivity contribution in [3.63, 3.8) is 0 Å². The SMILES string of the molecule is COc1ccc(/C(C)=N/Nc2ccc(Cl)cc2)cc1. The maximum Gasteiger partial charge on any atom is 0.118 e. The van der Waals surface area contributed by atoms with Gasteiger partial charge in [-0.3, -0.25) is 5.43 Å². The monoisotopic (exact) mass is 274 g/mol. The van der Waals surface area contributed by atoms with Crippen molar-refractivity contribution in [1.82, 2.24) is 0 Å². The van der Waals surface area contributed by atoms with Crippen LogP contribution in [-0.4, -0.2) is 12.8 Å². The Morgan fingerprint density at radius 1 is 1.05 bits per heavy atom. The van der Waals surface area contributed by atoms with Gasteiger partial charge in [0.25, 0.3) is 0 Å². The Labute approximate surface area is 117 Å². The number of hydrogen-bond acceptors (Lipinski definition) is 3. The summed E-state index contributed by atoms with van der Waals surface area (Å²) in [6.45, 7) is 1.95. The van der Waals surface area contributed by atoms with E-state index in [9.17, 15) is 0 Å². The van der Waals surface area contributed by atoms with E-state index in [1.165, 1.54) is 0 Å². The highest BCUT2D eigenvalue weighted by Crippen LogP contribution is 2.15. The van der Waals surface area contributed by atoms with E-state index in [1.54, 1.807) is 7.11 Å². The number of nitrogens with one attached hydrogen (secondary N) is 1. The first-order valence-electron chi connectivity index (χ1n) is 5.89. The fourth-order valence-electron chi connectivity index (χ4n) is 1.57. The van der Waals surface area contributed by atoms with Gasteiger partial charge in [-0.15, -0.1) is 0 Å². The summed E-state index contributed by atoms with van der Waals surface area (Å²) in [5.41, 5.74) is 5.84. The number of ether oxygens (including phenoxy) is 1. The maximum atomic E-state index is 5.82. The molecule has 0 amide bonds. The Morgan fingerprint density at radius 3 is 2.26 bits per heavy atom. The lowest BCUT2D eigenvalue weighted by Gasteiger charge is -2.05. The predicted octanol–water partition coefficient (Wildman–Crippen LogP) is 4.18. The van der Waals surface area contributed by atoms with Crippen LogP contribution < -0.4 is 10.2 Å². The van der Waals surface area contributed by atoms with E-state index >= 15 is 0 Å². The molecular weight excluding hydrogens is 260 g/mol. The molecule has 2 rings (SSSR count). The van der Waals surface area contributed by atoms with Crippen LogP contribution >= 0.6 is 11.6 Å². The summed E-state index contributed by atoms with van der Waals surface area (Å²) >= 11 is 5.82. The normalized spacial score (nSPS) is 11.2. The van der Waals surface area contributed by atoms with Crippen LogP contribution in [0.3, 0.4) is 0 Å². The molecule has 0 fully saturated rings. The highest BCUT2D eigenvalue weighted by Gasteiger charge is 1.98. The molecular formula is C15H15ClN2O. The van der Waals surface area contributed by atoms with E-state index in [0.717, 1.165) is 22.7 Å². The van der Waals surface area contributed by atoms with E-state index in [2.05, 4.69) is 10.5 Å². The molecule has 0 bridgehead atoms. The van der Waals surface area contributed by atoms with Gasteiger partial charge in [-0.25, -0.2) is 0 Å². The van der Waals surface area contributed by atoms with Crippen molar-refractivity contribution in [2.45, 2.75) is 6.92 Å². The quantitative estimate of drug-likeness (QED) is 0.670. The van der Waals surface area contributed by atoms with Gasteiger partial charge in [0.05, 0.1) is 18.5 Å². The Morgan fingerprint density at radius 2 is 1.68 bits per heavy atom. The number of anilines is 1. The number of benzene rings is 2. The highest BCUT2D eigenvalue weighted by molar-refractivity contribution is 6.30. The van der Waals surface area contributed by atoms with Gasteiger partial charge in [-0.2, -0.15) is 5.10 Å². The Bertz CT molecular complexity index is 562. The van der Waals surface area contributed by atoms with E-state index in [0.29, 0.717) is 5.02 Å². The maximum absolute atomic E-state index is 5.82. The third-order valence-electron chi connectivity index (χ3n) is 2.70. The van der Waals surface area contributed by atoms with Crippen LogP contribution in [0.5, 0.6) is 5.75 Å². The molecule has 0 saturated heterocycles. The van der Waals surface area contributed by atoms with Gasteiger partial charge >= 0.3 is 0 Å². The van der Waals surface area contributed by atoms with Crippen molar-refractivity contribution >= 4 is 23.0 Å². The summed E-state index contributed by atoms with van der Waals surface area (Å²) in [4.78, 5) is 0.